The summed E-state index contributed by atoms with van der Waals surface area (Å²) in [6.07, 6.45) is 1.98. The summed E-state index contributed by atoms with van der Waals surface area (Å²) in [5, 5.41) is 9.39. The number of nitrogens with one attached hydrogen (secondary N) is 1. The monoisotopic (exact) mass is 398 g/mol. The largest absolute Gasteiger partial charge is 0.444 e. The van der Waals surface area contributed by atoms with Crippen LogP contribution in [0.4, 0.5) is 0 Å². The number of benzene rings is 1. The van der Waals surface area contributed by atoms with Crippen LogP contribution in [0.5, 0.6) is 17.4 Å². The SMILES string of the molecule is CC(OC=C=O)(Oc1ccc(Oc2ncc(Cl)cc2Cl)cc1)C(=O)NO. The third kappa shape index (κ3) is 4.87. The van der Waals surface area contributed by atoms with Crippen molar-refractivity contribution in [2.75, 3.05) is 0 Å². The maximum atomic E-state index is 11.7. The molecule has 1 aromatic carbocycles. The Hall–Kier alpha value is -2.77. The molecule has 2 rings (SSSR count). The molecule has 0 bridgehead atoms. The fourth-order valence-electron chi connectivity index (χ4n) is 1.75. The Balaban J connectivity index is 2.14. The van der Waals surface area contributed by atoms with E-state index in [1.165, 1.54) is 54.9 Å². The predicted molar refractivity (Wildman–Crippen MR) is 91.1 cm³/mol. The molecule has 0 radical (unpaired) electrons. The molecule has 0 spiro atoms. The minimum absolute atomic E-state index is 0.161. The Morgan fingerprint density at radius 2 is 1.96 bits per heavy atom. The maximum Gasteiger partial charge on any atom is 0.331 e. The summed E-state index contributed by atoms with van der Waals surface area (Å²) in [4.78, 5) is 25.9. The van der Waals surface area contributed by atoms with Gasteiger partial charge in [0.1, 0.15) is 16.5 Å². The van der Waals surface area contributed by atoms with Crippen molar-refractivity contribution in [1.29, 1.82) is 0 Å². The van der Waals surface area contributed by atoms with Gasteiger partial charge in [-0.15, -0.1) is 0 Å². The lowest BCUT2D eigenvalue weighted by atomic mass is 10.3. The summed E-state index contributed by atoms with van der Waals surface area (Å²) in [5.74, 6) is -0.932. The molecule has 2 aromatic rings. The standard InChI is InChI=1S/C16H12Cl2N2O6/c1-16(15(22)20-23,24-7-6-21)26-12-4-2-11(3-5-12)25-14-13(18)8-10(17)9-19-14/h2-5,7-9,23H,1H3,(H,20,22). The number of pyridine rings is 1. The highest BCUT2D eigenvalue weighted by atomic mass is 35.5. The summed E-state index contributed by atoms with van der Waals surface area (Å²) < 4.78 is 15.8. The summed E-state index contributed by atoms with van der Waals surface area (Å²) in [5.41, 5.74) is 1.39. The van der Waals surface area contributed by atoms with Crippen LogP contribution in [0.15, 0.2) is 42.8 Å². The van der Waals surface area contributed by atoms with E-state index in [1.807, 2.05) is 0 Å². The van der Waals surface area contributed by atoms with Crippen LogP contribution in [-0.2, 0) is 14.3 Å². The van der Waals surface area contributed by atoms with E-state index in [0.717, 1.165) is 0 Å². The smallest absolute Gasteiger partial charge is 0.331 e. The van der Waals surface area contributed by atoms with Crippen molar-refractivity contribution in [3.05, 3.63) is 52.8 Å². The normalized spacial score (nSPS) is 12.3. The number of carbonyl (C=O) groups excluding carboxylic acids is 2. The molecule has 1 heterocycles. The van der Waals surface area contributed by atoms with Crippen molar-refractivity contribution in [3.8, 4) is 17.4 Å². The van der Waals surface area contributed by atoms with Gasteiger partial charge in [0, 0.05) is 13.1 Å². The first-order valence-electron chi connectivity index (χ1n) is 6.97. The van der Waals surface area contributed by atoms with Crippen LogP contribution >= 0.6 is 23.2 Å². The molecule has 0 saturated heterocycles. The van der Waals surface area contributed by atoms with Crippen LogP contribution in [0.3, 0.4) is 0 Å². The molecule has 1 atom stereocenters. The third-order valence-electron chi connectivity index (χ3n) is 2.97. The molecule has 0 fully saturated rings. The first kappa shape index (κ1) is 19.6. The van der Waals surface area contributed by atoms with E-state index in [0.29, 0.717) is 17.0 Å². The zero-order valence-corrected chi connectivity index (χ0v) is 14.7. The summed E-state index contributed by atoms with van der Waals surface area (Å²) in [6.45, 7) is 1.20. The van der Waals surface area contributed by atoms with E-state index in [9.17, 15) is 9.59 Å². The van der Waals surface area contributed by atoms with Gasteiger partial charge in [0.15, 0.2) is 12.2 Å². The summed E-state index contributed by atoms with van der Waals surface area (Å²) >= 11 is 11.7. The van der Waals surface area contributed by atoms with Crippen molar-refractivity contribution in [2.24, 2.45) is 0 Å². The lowest BCUT2D eigenvalue weighted by Gasteiger charge is -2.26. The van der Waals surface area contributed by atoms with Gasteiger partial charge in [0.05, 0.1) is 5.02 Å². The molecule has 0 saturated carbocycles. The van der Waals surface area contributed by atoms with Crippen LogP contribution < -0.4 is 15.0 Å². The average Bonchev–Trinajstić information content (AvgIpc) is 2.63. The first-order chi connectivity index (χ1) is 12.4. The molecular weight excluding hydrogens is 387 g/mol. The maximum absolute atomic E-state index is 11.7. The number of hydroxylamine groups is 1. The topological polar surface area (TPSA) is 107 Å². The molecule has 0 aliphatic carbocycles. The Morgan fingerprint density at radius 3 is 2.54 bits per heavy atom. The van der Waals surface area contributed by atoms with E-state index in [4.69, 9.17) is 42.6 Å². The number of rotatable bonds is 7. The highest BCUT2D eigenvalue weighted by Crippen LogP contribution is 2.30. The molecule has 26 heavy (non-hydrogen) atoms. The molecular formula is C16H12Cl2N2O6. The van der Waals surface area contributed by atoms with Crippen LogP contribution in [0.25, 0.3) is 0 Å². The van der Waals surface area contributed by atoms with E-state index >= 15 is 0 Å². The number of hydrogen-bond acceptors (Lipinski definition) is 7. The van der Waals surface area contributed by atoms with Crippen molar-refractivity contribution in [3.63, 3.8) is 0 Å². The van der Waals surface area contributed by atoms with Crippen molar-refractivity contribution in [1.82, 2.24) is 10.5 Å². The van der Waals surface area contributed by atoms with Gasteiger partial charge in [0.25, 0.3) is 0 Å². The fraction of sp³-hybridized carbons (Fsp3) is 0.125. The van der Waals surface area contributed by atoms with E-state index in [-0.39, 0.29) is 16.7 Å². The highest BCUT2D eigenvalue weighted by Gasteiger charge is 2.37. The molecule has 1 aromatic heterocycles. The fourth-order valence-corrected chi connectivity index (χ4v) is 2.17. The predicted octanol–water partition coefficient (Wildman–Crippen LogP) is 3.14. The molecule has 136 valence electrons. The zero-order chi connectivity index (χ0) is 19.2. The summed E-state index contributed by atoms with van der Waals surface area (Å²) in [6, 6.07) is 7.47. The Kier molecular flexibility index (Phi) is 6.43. The molecule has 2 N–H and O–H groups in total. The molecule has 1 amide bonds. The van der Waals surface area contributed by atoms with Crippen LogP contribution in [0.1, 0.15) is 6.92 Å². The minimum Gasteiger partial charge on any atom is -0.444 e. The highest BCUT2D eigenvalue weighted by molar-refractivity contribution is 6.35. The molecule has 10 heteroatoms. The first-order valence-corrected chi connectivity index (χ1v) is 7.73. The minimum atomic E-state index is -1.99. The number of carbonyl (C=O) groups is 1. The average molecular weight is 399 g/mol. The quantitative estimate of drug-likeness (QED) is 0.242. The third-order valence-corrected chi connectivity index (χ3v) is 3.45. The van der Waals surface area contributed by atoms with E-state index in [2.05, 4.69) is 4.98 Å². The van der Waals surface area contributed by atoms with Gasteiger partial charge in [-0.1, -0.05) is 23.2 Å². The number of ether oxygens (including phenoxy) is 3. The second kappa shape index (κ2) is 8.55. The number of nitrogens with zero attached hydrogens (tertiary/aromatic N) is 1. The number of halogens is 2. The van der Waals surface area contributed by atoms with Gasteiger partial charge in [-0.05, 0) is 30.3 Å². The van der Waals surface area contributed by atoms with Gasteiger partial charge in [-0.2, -0.15) is 0 Å². The molecule has 0 aliphatic rings. The number of hydrogen-bond donors (Lipinski definition) is 2. The van der Waals surface area contributed by atoms with Gasteiger partial charge in [-0.25, -0.2) is 15.3 Å². The molecule has 8 nitrogen and oxygen atoms in total. The van der Waals surface area contributed by atoms with Gasteiger partial charge >= 0.3 is 11.7 Å². The zero-order valence-electron chi connectivity index (χ0n) is 13.2. The molecule has 0 aliphatic heterocycles. The lowest BCUT2D eigenvalue weighted by Crippen LogP contribution is -2.49. The van der Waals surface area contributed by atoms with Crippen molar-refractivity contribution >= 4 is 35.1 Å². The van der Waals surface area contributed by atoms with Crippen LogP contribution in [0, 0.1) is 0 Å². The Labute approximate surface area is 157 Å². The van der Waals surface area contributed by atoms with Crippen molar-refractivity contribution in [2.45, 2.75) is 12.7 Å². The lowest BCUT2D eigenvalue weighted by molar-refractivity contribution is -0.179. The second-order valence-electron chi connectivity index (χ2n) is 4.86. The second-order valence-corrected chi connectivity index (χ2v) is 5.70. The van der Waals surface area contributed by atoms with Crippen LogP contribution in [-0.4, -0.2) is 27.8 Å². The summed E-state index contributed by atoms with van der Waals surface area (Å²) in [7, 11) is 0. The Morgan fingerprint density at radius 1 is 1.31 bits per heavy atom. The Bertz CT molecular complexity index is 839. The number of aromatic nitrogens is 1. The number of amides is 1. The van der Waals surface area contributed by atoms with Crippen LogP contribution in [0.2, 0.25) is 10.0 Å². The van der Waals surface area contributed by atoms with Crippen molar-refractivity contribution < 1.29 is 29.0 Å². The molecule has 1 unspecified atom stereocenters. The van der Waals surface area contributed by atoms with Gasteiger partial charge < -0.3 is 14.2 Å². The van der Waals surface area contributed by atoms with Gasteiger partial charge in [-0.3, -0.25) is 10.0 Å². The van der Waals surface area contributed by atoms with E-state index < -0.39 is 11.7 Å². The van der Waals surface area contributed by atoms with E-state index in [1.54, 1.807) is 0 Å². The van der Waals surface area contributed by atoms with Gasteiger partial charge in [0.2, 0.25) is 5.88 Å².